The van der Waals surface area contributed by atoms with Gasteiger partial charge in [-0.25, -0.2) is 0 Å². The van der Waals surface area contributed by atoms with E-state index in [1.807, 2.05) is 32.6 Å². The zero-order valence-corrected chi connectivity index (χ0v) is 18.0. The van der Waals surface area contributed by atoms with Gasteiger partial charge in [0.25, 0.3) is 0 Å². The second kappa shape index (κ2) is 9.23. The summed E-state index contributed by atoms with van der Waals surface area (Å²) in [5.74, 6) is 0.217. The summed E-state index contributed by atoms with van der Waals surface area (Å²) in [7, 11) is 0. The van der Waals surface area contributed by atoms with E-state index in [1.165, 1.54) is 0 Å². The van der Waals surface area contributed by atoms with Crippen LogP contribution in [0.15, 0.2) is 23.2 Å². The highest BCUT2D eigenvalue weighted by Crippen LogP contribution is 2.37. The van der Waals surface area contributed by atoms with Crippen LogP contribution in [0.3, 0.4) is 0 Å². The number of nitrogens with one attached hydrogen (secondary N) is 2. The second-order valence-electron chi connectivity index (χ2n) is 8.80. The fourth-order valence-corrected chi connectivity index (χ4v) is 3.23. The number of anilines is 1. The maximum atomic E-state index is 13.2. The van der Waals surface area contributed by atoms with Crippen LogP contribution in [0.4, 0.5) is 32.0 Å². The predicted molar refractivity (Wildman–Crippen MR) is 109 cm³/mol. The summed E-state index contributed by atoms with van der Waals surface area (Å²) in [4.78, 5) is 6.32. The molecule has 1 fully saturated rings. The molecule has 0 aliphatic carbocycles. The van der Waals surface area contributed by atoms with Crippen LogP contribution < -0.4 is 16.4 Å². The van der Waals surface area contributed by atoms with Crippen molar-refractivity contribution in [3.05, 3.63) is 29.3 Å². The lowest BCUT2D eigenvalue weighted by atomic mass is 9.94. The molecular formula is C20H29F6N5. The van der Waals surface area contributed by atoms with E-state index in [9.17, 15) is 26.3 Å². The topological polar surface area (TPSA) is 65.7 Å². The molecule has 1 saturated heterocycles. The van der Waals surface area contributed by atoms with Gasteiger partial charge in [-0.05, 0) is 44.0 Å². The van der Waals surface area contributed by atoms with Gasteiger partial charge in [-0.3, -0.25) is 4.99 Å². The number of hydrogen-bond donors (Lipinski definition) is 3. The number of piperazine rings is 1. The minimum Gasteiger partial charge on any atom is -0.340 e. The molecular weight excluding hydrogens is 424 g/mol. The highest BCUT2D eigenvalue weighted by Gasteiger charge is 2.37. The van der Waals surface area contributed by atoms with E-state index in [4.69, 9.17) is 5.73 Å². The zero-order chi connectivity index (χ0) is 23.6. The summed E-state index contributed by atoms with van der Waals surface area (Å²) in [6.45, 7) is 9.19. The van der Waals surface area contributed by atoms with Gasteiger partial charge in [0.1, 0.15) is 0 Å². The minimum absolute atomic E-state index is 0.0607. The van der Waals surface area contributed by atoms with Crippen molar-refractivity contribution in [2.45, 2.75) is 52.1 Å². The Kier molecular flexibility index (Phi) is 7.52. The van der Waals surface area contributed by atoms with Crippen LogP contribution in [0, 0.1) is 5.41 Å². The Morgan fingerprint density at radius 2 is 1.52 bits per heavy atom. The molecule has 0 saturated carbocycles. The molecule has 1 aliphatic heterocycles. The number of nitrogens with two attached hydrogens (primary N) is 1. The summed E-state index contributed by atoms with van der Waals surface area (Å²) in [6.07, 6.45) is -9.84. The summed E-state index contributed by atoms with van der Waals surface area (Å²) in [5.41, 5.74) is 2.26. The molecule has 0 aromatic heterocycles. The van der Waals surface area contributed by atoms with Crippen molar-refractivity contribution in [3.63, 3.8) is 0 Å². The number of benzene rings is 1. The SMILES string of the molecule is CC1CN(C(=NCC(C)(C)CN)Nc2cc(C(F)(F)F)cc(C(F)(F)F)c2)CC(C)N1. The van der Waals surface area contributed by atoms with Crippen LogP contribution in [0.2, 0.25) is 0 Å². The van der Waals surface area contributed by atoms with Crippen LogP contribution >= 0.6 is 0 Å². The molecule has 2 unspecified atom stereocenters. The first-order valence-electron chi connectivity index (χ1n) is 9.93. The lowest BCUT2D eigenvalue weighted by molar-refractivity contribution is -0.143. The third-order valence-corrected chi connectivity index (χ3v) is 4.91. The van der Waals surface area contributed by atoms with Crippen LogP contribution in [-0.2, 0) is 12.4 Å². The molecule has 0 amide bonds. The fourth-order valence-electron chi connectivity index (χ4n) is 3.23. The average molecular weight is 453 g/mol. The predicted octanol–water partition coefficient (Wildman–Crippen LogP) is 4.16. The van der Waals surface area contributed by atoms with E-state index in [0.717, 1.165) is 0 Å². The number of guanidine groups is 1. The monoisotopic (exact) mass is 453 g/mol. The molecule has 31 heavy (non-hydrogen) atoms. The van der Waals surface area contributed by atoms with E-state index in [0.29, 0.717) is 31.8 Å². The van der Waals surface area contributed by atoms with Crippen LogP contribution in [0.25, 0.3) is 0 Å². The van der Waals surface area contributed by atoms with Crippen molar-refractivity contribution >= 4 is 11.6 Å². The Balaban J connectivity index is 2.46. The first-order valence-corrected chi connectivity index (χ1v) is 9.93. The molecule has 2 rings (SSSR count). The van der Waals surface area contributed by atoms with Crippen molar-refractivity contribution < 1.29 is 26.3 Å². The minimum atomic E-state index is -4.92. The van der Waals surface area contributed by atoms with Crippen molar-refractivity contribution in [2.75, 3.05) is 31.5 Å². The number of halogens is 6. The van der Waals surface area contributed by atoms with Crippen LogP contribution in [0.5, 0.6) is 0 Å². The summed E-state index contributed by atoms with van der Waals surface area (Å²) in [5, 5.41) is 6.05. The second-order valence-corrected chi connectivity index (χ2v) is 8.80. The Morgan fingerprint density at radius 3 is 1.94 bits per heavy atom. The molecule has 1 aliphatic rings. The van der Waals surface area contributed by atoms with Gasteiger partial charge in [0, 0.05) is 37.4 Å². The van der Waals surface area contributed by atoms with E-state index < -0.39 is 23.5 Å². The molecule has 0 spiro atoms. The van der Waals surface area contributed by atoms with Crippen LogP contribution in [-0.4, -0.2) is 49.1 Å². The molecule has 176 valence electrons. The zero-order valence-electron chi connectivity index (χ0n) is 18.0. The fraction of sp³-hybridized carbons (Fsp3) is 0.650. The molecule has 1 aromatic carbocycles. The van der Waals surface area contributed by atoms with Gasteiger partial charge in [-0.15, -0.1) is 0 Å². The number of alkyl halides is 6. The Morgan fingerprint density at radius 1 is 1.03 bits per heavy atom. The number of hydrogen-bond acceptors (Lipinski definition) is 3. The maximum absolute atomic E-state index is 13.2. The Bertz CT molecular complexity index is 745. The molecule has 0 radical (unpaired) electrons. The van der Waals surface area contributed by atoms with Crippen molar-refractivity contribution in [1.82, 2.24) is 10.2 Å². The van der Waals surface area contributed by atoms with E-state index in [1.54, 1.807) is 0 Å². The largest absolute Gasteiger partial charge is 0.416 e. The molecule has 4 N–H and O–H groups in total. The lowest BCUT2D eigenvalue weighted by Crippen LogP contribution is -2.57. The number of aliphatic imine (C=N–C) groups is 1. The average Bonchev–Trinajstić information content (AvgIpc) is 2.62. The first kappa shape index (κ1) is 25.3. The summed E-state index contributed by atoms with van der Waals surface area (Å²) in [6, 6.07) is 1.55. The maximum Gasteiger partial charge on any atom is 0.416 e. The highest BCUT2D eigenvalue weighted by molar-refractivity contribution is 5.94. The van der Waals surface area contributed by atoms with Crippen molar-refractivity contribution in [1.29, 1.82) is 0 Å². The van der Waals surface area contributed by atoms with Gasteiger partial charge >= 0.3 is 12.4 Å². The summed E-state index contributed by atoms with van der Waals surface area (Å²) < 4.78 is 79.3. The van der Waals surface area contributed by atoms with Gasteiger partial charge in [0.2, 0.25) is 0 Å². The van der Waals surface area contributed by atoms with E-state index >= 15 is 0 Å². The van der Waals surface area contributed by atoms with Gasteiger partial charge in [0.05, 0.1) is 11.1 Å². The normalized spacial score (nSPS) is 21.4. The standard InChI is InChI=1S/C20H29F6N5/c1-12-8-31(9-13(2)29-12)17(28-11-18(3,4)10-27)30-16-6-14(19(21,22)23)5-15(7-16)20(24,25)26/h5-7,12-13,29H,8-11,27H2,1-4H3,(H,28,30). The first-order chi connectivity index (χ1) is 14.1. The molecule has 11 heteroatoms. The third-order valence-electron chi connectivity index (χ3n) is 4.91. The third kappa shape index (κ3) is 7.27. The highest BCUT2D eigenvalue weighted by atomic mass is 19.4. The van der Waals surface area contributed by atoms with Crippen molar-refractivity contribution in [3.8, 4) is 0 Å². The smallest absolute Gasteiger partial charge is 0.340 e. The van der Waals surface area contributed by atoms with Crippen LogP contribution in [0.1, 0.15) is 38.8 Å². The number of rotatable bonds is 4. The van der Waals surface area contributed by atoms with E-state index in [2.05, 4.69) is 15.6 Å². The number of nitrogens with zero attached hydrogens (tertiary/aromatic N) is 2. The molecule has 1 aromatic rings. The quantitative estimate of drug-likeness (QED) is 0.364. The van der Waals surface area contributed by atoms with Gasteiger partial charge in [0.15, 0.2) is 5.96 Å². The lowest BCUT2D eigenvalue weighted by Gasteiger charge is -2.38. The van der Waals surface area contributed by atoms with Gasteiger partial charge < -0.3 is 21.3 Å². The molecule has 1 heterocycles. The molecule has 0 bridgehead atoms. The van der Waals surface area contributed by atoms with Gasteiger partial charge in [-0.2, -0.15) is 26.3 Å². The molecule has 2 atom stereocenters. The van der Waals surface area contributed by atoms with E-state index in [-0.39, 0.29) is 41.8 Å². The van der Waals surface area contributed by atoms with Gasteiger partial charge in [-0.1, -0.05) is 13.8 Å². The Hall–Kier alpha value is -2.01. The van der Waals surface area contributed by atoms with Crippen molar-refractivity contribution in [2.24, 2.45) is 16.1 Å². The Labute approximate surface area is 178 Å². The summed E-state index contributed by atoms with van der Waals surface area (Å²) >= 11 is 0. The molecule has 5 nitrogen and oxygen atoms in total.